The summed E-state index contributed by atoms with van der Waals surface area (Å²) in [4.78, 5) is 24.2. The number of amides is 1. The molecule has 5 nitrogen and oxygen atoms in total. The van der Waals surface area contributed by atoms with Crippen molar-refractivity contribution in [1.29, 1.82) is 0 Å². The number of hydrogen-bond donors (Lipinski definition) is 1. The van der Waals surface area contributed by atoms with Gasteiger partial charge in [0.25, 0.3) is 5.91 Å². The number of unbranched alkanes of at least 4 members (excludes halogenated alkanes) is 3. The molecule has 28 heavy (non-hydrogen) atoms. The summed E-state index contributed by atoms with van der Waals surface area (Å²) in [5, 5.41) is 2.78. The zero-order chi connectivity index (χ0) is 20.2. The molecule has 0 spiro atoms. The van der Waals surface area contributed by atoms with Crippen molar-refractivity contribution in [3.05, 3.63) is 59.7 Å². The van der Waals surface area contributed by atoms with E-state index in [4.69, 9.17) is 9.47 Å². The second-order valence-electron chi connectivity index (χ2n) is 6.57. The number of nitrogens with one attached hydrogen (secondary N) is 1. The molecule has 0 atom stereocenters. The van der Waals surface area contributed by atoms with Gasteiger partial charge in [-0.05, 0) is 48.7 Å². The summed E-state index contributed by atoms with van der Waals surface area (Å²) >= 11 is 0. The van der Waals surface area contributed by atoms with Crippen molar-refractivity contribution in [2.45, 2.75) is 46.0 Å². The second kappa shape index (κ2) is 11.8. The minimum atomic E-state index is -0.534. The van der Waals surface area contributed by atoms with Crippen LogP contribution in [0.15, 0.2) is 48.5 Å². The molecule has 0 aliphatic rings. The Morgan fingerprint density at radius 3 is 2.39 bits per heavy atom. The molecule has 0 unspecified atom stereocenters. The van der Waals surface area contributed by atoms with Crippen molar-refractivity contribution in [2.75, 3.05) is 18.5 Å². The minimum absolute atomic E-state index is 0.327. The lowest BCUT2D eigenvalue weighted by Crippen LogP contribution is -2.21. The van der Waals surface area contributed by atoms with Crippen molar-refractivity contribution in [3.8, 4) is 5.75 Å². The predicted molar refractivity (Wildman–Crippen MR) is 111 cm³/mol. The SMILES string of the molecule is CCCCCCOc1ccc(C(=O)OCC(=O)Nc2ccccc2CC)cc1. The highest BCUT2D eigenvalue weighted by atomic mass is 16.5. The van der Waals surface area contributed by atoms with Crippen LogP contribution in [0.4, 0.5) is 5.69 Å². The van der Waals surface area contributed by atoms with E-state index in [-0.39, 0.29) is 12.5 Å². The van der Waals surface area contributed by atoms with Crippen LogP contribution in [-0.2, 0) is 16.0 Å². The van der Waals surface area contributed by atoms with Crippen LogP contribution in [0.1, 0.15) is 55.5 Å². The fourth-order valence-electron chi connectivity index (χ4n) is 2.76. The zero-order valence-corrected chi connectivity index (χ0v) is 16.7. The molecule has 0 fully saturated rings. The van der Waals surface area contributed by atoms with Gasteiger partial charge < -0.3 is 14.8 Å². The summed E-state index contributed by atoms with van der Waals surface area (Å²) < 4.78 is 10.8. The Balaban J connectivity index is 1.77. The van der Waals surface area contributed by atoms with E-state index in [1.807, 2.05) is 31.2 Å². The van der Waals surface area contributed by atoms with Crippen LogP contribution >= 0.6 is 0 Å². The number of aryl methyl sites for hydroxylation is 1. The number of anilines is 1. The first-order valence-electron chi connectivity index (χ1n) is 9.91. The lowest BCUT2D eigenvalue weighted by molar-refractivity contribution is -0.119. The standard InChI is InChI=1S/C23H29NO4/c1-3-5-6-9-16-27-20-14-12-19(13-15-20)23(26)28-17-22(25)24-21-11-8-7-10-18(21)4-2/h7-8,10-15H,3-6,9,16-17H2,1-2H3,(H,24,25). The van der Waals surface area contributed by atoms with Crippen LogP contribution < -0.4 is 10.1 Å². The molecule has 5 heteroatoms. The molecule has 2 aromatic carbocycles. The maximum Gasteiger partial charge on any atom is 0.338 e. The molecule has 0 saturated carbocycles. The lowest BCUT2D eigenvalue weighted by Gasteiger charge is -2.10. The molecule has 2 rings (SSSR count). The van der Waals surface area contributed by atoms with Gasteiger partial charge in [-0.25, -0.2) is 4.79 Å². The molecule has 2 aromatic rings. The van der Waals surface area contributed by atoms with Gasteiger partial charge in [0.15, 0.2) is 6.61 Å². The molecule has 0 heterocycles. The number of esters is 1. The summed E-state index contributed by atoms with van der Waals surface area (Å²) in [7, 11) is 0. The van der Waals surface area contributed by atoms with Crippen molar-refractivity contribution >= 4 is 17.6 Å². The second-order valence-corrected chi connectivity index (χ2v) is 6.57. The van der Waals surface area contributed by atoms with E-state index in [1.165, 1.54) is 12.8 Å². The first kappa shape index (κ1) is 21.5. The Bertz CT molecular complexity index is 755. The van der Waals surface area contributed by atoms with Gasteiger partial charge >= 0.3 is 5.97 Å². The Morgan fingerprint density at radius 2 is 1.68 bits per heavy atom. The minimum Gasteiger partial charge on any atom is -0.494 e. The monoisotopic (exact) mass is 383 g/mol. The molecule has 150 valence electrons. The molecule has 0 aliphatic heterocycles. The van der Waals surface area contributed by atoms with Gasteiger partial charge in [0.1, 0.15) is 5.75 Å². The van der Waals surface area contributed by atoms with E-state index in [0.717, 1.165) is 36.3 Å². The van der Waals surface area contributed by atoms with Gasteiger partial charge in [-0.15, -0.1) is 0 Å². The maximum atomic E-state index is 12.1. The first-order valence-corrected chi connectivity index (χ1v) is 9.91. The van der Waals surface area contributed by atoms with Crippen LogP contribution in [-0.4, -0.2) is 25.1 Å². The lowest BCUT2D eigenvalue weighted by atomic mass is 10.1. The predicted octanol–water partition coefficient (Wildman–Crippen LogP) is 5.00. The fraction of sp³-hybridized carbons (Fsp3) is 0.391. The molecule has 0 radical (unpaired) electrons. The smallest absolute Gasteiger partial charge is 0.338 e. The Hall–Kier alpha value is -2.82. The first-order chi connectivity index (χ1) is 13.6. The Kier molecular flexibility index (Phi) is 9.05. The molecule has 0 aliphatic carbocycles. The summed E-state index contributed by atoms with van der Waals surface area (Å²) in [6.07, 6.45) is 5.40. The molecular formula is C23H29NO4. The molecular weight excluding hydrogens is 354 g/mol. The highest BCUT2D eigenvalue weighted by Crippen LogP contribution is 2.16. The summed E-state index contributed by atoms with van der Waals surface area (Å²) in [5.41, 5.74) is 2.17. The summed E-state index contributed by atoms with van der Waals surface area (Å²) in [6.45, 7) is 4.53. The van der Waals surface area contributed by atoms with Crippen LogP contribution in [0.3, 0.4) is 0 Å². The maximum absolute atomic E-state index is 12.1. The number of hydrogen-bond acceptors (Lipinski definition) is 4. The summed E-state index contributed by atoms with van der Waals surface area (Å²) in [6, 6.07) is 14.3. The highest BCUT2D eigenvalue weighted by Gasteiger charge is 2.11. The average molecular weight is 383 g/mol. The van der Waals surface area contributed by atoms with Crippen molar-refractivity contribution in [1.82, 2.24) is 0 Å². The van der Waals surface area contributed by atoms with Crippen LogP contribution in [0.25, 0.3) is 0 Å². The molecule has 1 N–H and O–H groups in total. The quantitative estimate of drug-likeness (QED) is 0.438. The number of ether oxygens (including phenoxy) is 2. The van der Waals surface area contributed by atoms with Crippen LogP contribution in [0.5, 0.6) is 5.75 Å². The average Bonchev–Trinajstić information content (AvgIpc) is 2.72. The molecule has 0 saturated heterocycles. The van der Waals surface area contributed by atoms with Crippen molar-refractivity contribution in [2.24, 2.45) is 0 Å². The molecule has 0 aromatic heterocycles. The van der Waals surface area contributed by atoms with Crippen molar-refractivity contribution < 1.29 is 19.1 Å². The molecule has 0 bridgehead atoms. The number of benzene rings is 2. The van der Waals surface area contributed by atoms with Gasteiger partial charge in [-0.2, -0.15) is 0 Å². The third-order valence-electron chi connectivity index (χ3n) is 4.36. The highest BCUT2D eigenvalue weighted by molar-refractivity contribution is 5.95. The van der Waals surface area contributed by atoms with E-state index < -0.39 is 5.97 Å². The van der Waals surface area contributed by atoms with E-state index in [0.29, 0.717) is 12.2 Å². The Labute approximate surface area is 167 Å². The van der Waals surface area contributed by atoms with Gasteiger partial charge in [-0.1, -0.05) is 51.3 Å². The topological polar surface area (TPSA) is 64.6 Å². The largest absolute Gasteiger partial charge is 0.494 e. The number of carbonyl (C=O) groups is 2. The van der Waals surface area contributed by atoms with E-state index in [2.05, 4.69) is 12.2 Å². The van der Waals surface area contributed by atoms with E-state index >= 15 is 0 Å². The Morgan fingerprint density at radius 1 is 0.929 bits per heavy atom. The van der Waals surface area contributed by atoms with E-state index in [1.54, 1.807) is 24.3 Å². The van der Waals surface area contributed by atoms with Crippen LogP contribution in [0, 0.1) is 0 Å². The fourth-order valence-corrected chi connectivity index (χ4v) is 2.76. The zero-order valence-electron chi connectivity index (χ0n) is 16.7. The number of rotatable bonds is 11. The van der Waals surface area contributed by atoms with E-state index in [9.17, 15) is 9.59 Å². The van der Waals surface area contributed by atoms with Gasteiger partial charge in [-0.3, -0.25) is 4.79 Å². The normalized spacial score (nSPS) is 10.4. The summed E-state index contributed by atoms with van der Waals surface area (Å²) in [5.74, 6) is -0.170. The van der Waals surface area contributed by atoms with Crippen molar-refractivity contribution in [3.63, 3.8) is 0 Å². The van der Waals surface area contributed by atoms with Crippen LogP contribution in [0.2, 0.25) is 0 Å². The molecule has 1 amide bonds. The number of para-hydroxylation sites is 1. The third-order valence-corrected chi connectivity index (χ3v) is 4.36. The number of carbonyl (C=O) groups excluding carboxylic acids is 2. The third kappa shape index (κ3) is 7.06. The van der Waals surface area contributed by atoms with Gasteiger partial charge in [0.2, 0.25) is 0 Å². The van der Waals surface area contributed by atoms with Gasteiger partial charge in [0.05, 0.1) is 12.2 Å². The van der Waals surface area contributed by atoms with Gasteiger partial charge in [0, 0.05) is 5.69 Å².